The molecule has 0 unspecified atom stereocenters. The van der Waals surface area contributed by atoms with Crippen LogP contribution in [0.15, 0.2) is 24.3 Å². The summed E-state index contributed by atoms with van der Waals surface area (Å²) in [6.07, 6.45) is 3.93. The Hall–Kier alpha value is -1.18. The predicted octanol–water partition coefficient (Wildman–Crippen LogP) is 3.69. The van der Waals surface area contributed by atoms with Gasteiger partial charge < -0.3 is 10.1 Å². The minimum absolute atomic E-state index is 0.566. The van der Waals surface area contributed by atoms with Crippen LogP contribution in [-0.4, -0.2) is 12.6 Å². The van der Waals surface area contributed by atoms with Crippen LogP contribution < -0.4 is 10.1 Å². The molecule has 0 bridgehead atoms. The SMILES string of the molecule is CC(C)COc1ccccc1NC1CCC1. The van der Waals surface area contributed by atoms with E-state index in [1.165, 1.54) is 19.3 Å². The average Bonchev–Trinajstić information content (AvgIpc) is 2.22. The smallest absolute Gasteiger partial charge is 0.142 e. The summed E-state index contributed by atoms with van der Waals surface area (Å²) >= 11 is 0. The van der Waals surface area contributed by atoms with Gasteiger partial charge in [-0.3, -0.25) is 0 Å². The second-order valence-corrected chi connectivity index (χ2v) is 4.97. The minimum atomic E-state index is 0.566. The molecular weight excluding hydrogens is 198 g/mol. The Morgan fingerprint density at radius 2 is 2.06 bits per heavy atom. The van der Waals surface area contributed by atoms with Crippen LogP contribution in [0.4, 0.5) is 5.69 Å². The fraction of sp³-hybridized carbons (Fsp3) is 0.571. The molecule has 1 fully saturated rings. The van der Waals surface area contributed by atoms with Crippen LogP contribution in [0.3, 0.4) is 0 Å². The third-order valence-electron chi connectivity index (χ3n) is 2.92. The van der Waals surface area contributed by atoms with Gasteiger partial charge in [-0.15, -0.1) is 0 Å². The highest BCUT2D eigenvalue weighted by Crippen LogP contribution is 2.29. The number of nitrogens with one attached hydrogen (secondary N) is 1. The van der Waals surface area contributed by atoms with E-state index < -0.39 is 0 Å². The van der Waals surface area contributed by atoms with E-state index in [2.05, 4.69) is 31.3 Å². The fourth-order valence-electron chi connectivity index (χ4n) is 1.74. The van der Waals surface area contributed by atoms with Crippen molar-refractivity contribution in [1.29, 1.82) is 0 Å². The van der Waals surface area contributed by atoms with Crippen molar-refractivity contribution < 1.29 is 4.74 Å². The van der Waals surface area contributed by atoms with Crippen molar-refractivity contribution >= 4 is 5.69 Å². The Morgan fingerprint density at radius 3 is 2.69 bits per heavy atom. The predicted molar refractivity (Wildman–Crippen MR) is 68.0 cm³/mol. The third-order valence-corrected chi connectivity index (χ3v) is 2.92. The van der Waals surface area contributed by atoms with Crippen LogP contribution in [0.25, 0.3) is 0 Å². The highest BCUT2D eigenvalue weighted by molar-refractivity contribution is 5.56. The summed E-state index contributed by atoms with van der Waals surface area (Å²) in [5.41, 5.74) is 1.15. The lowest BCUT2D eigenvalue weighted by Gasteiger charge is -2.28. The lowest BCUT2D eigenvalue weighted by Crippen LogP contribution is -2.27. The Morgan fingerprint density at radius 1 is 1.31 bits per heavy atom. The zero-order chi connectivity index (χ0) is 11.4. The quantitative estimate of drug-likeness (QED) is 0.815. The molecule has 0 heterocycles. The summed E-state index contributed by atoms with van der Waals surface area (Å²) in [5.74, 6) is 1.56. The topological polar surface area (TPSA) is 21.3 Å². The monoisotopic (exact) mass is 219 g/mol. The Bertz CT molecular complexity index is 331. The fourth-order valence-corrected chi connectivity index (χ4v) is 1.74. The van der Waals surface area contributed by atoms with Crippen molar-refractivity contribution in [2.75, 3.05) is 11.9 Å². The van der Waals surface area contributed by atoms with E-state index >= 15 is 0 Å². The molecule has 2 rings (SSSR count). The molecule has 0 atom stereocenters. The van der Waals surface area contributed by atoms with Crippen LogP contribution in [0, 0.1) is 5.92 Å². The van der Waals surface area contributed by atoms with Gasteiger partial charge in [0.05, 0.1) is 12.3 Å². The largest absolute Gasteiger partial charge is 0.491 e. The van der Waals surface area contributed by atoms with E-state index in [4.69, 9.17) is 4.74 Å². The van der Waals surface area contributed by atoms with Gasteiger partial charge in [0.25, 0.3) is 0 Å². The zero-order valence-corrected chi connectivity index (χ0v) is 10.2. The first-order chi connectivity index (χ1) is 7.75. The Labute approximate surface area is 98.0 Å². The summed E-state index contributed by atoms with van der Waals surface area (Å²) < 4.78 is 5.81. The van der Waals surface area contributed by atoms with E-state index in [1.807, 2.05) is 12.1 Å². The molecule has 1 aliphatic rings. The lowest BCUT2D eigenvalue weighted by atomic mass is 9.93. The molecule has 0 amide bonds. The first-order valence-electron chi connectivity index (χ1n) is 6.24. The van der Waals surface area contributed by atoms with E-state index in [9.17, 15) is 0 Å². The molecule has 2 heteroatoms. The molecule has 0 spiro atoms. The van der Waals surface area contributed by atoms with E-state index in [0.29, 0.717) is 12.0 Å². The molecule has 0 saturated heterocycles. The van der Waals surface area contributed by atoms with Gasteiger partial charge in [0.15, 0.2) is 0 Å². The lowest BCUT2D eigenvalue weighted by molar-refractivity contribution is 0.271. The van der Waals surface area contributed by atoms with Gasteiger partial charge >= 0.3 is 0 Å². The molecule has 2 nitrogen and oxygen atoms in total. The molecule has 0 aliphatic heterocycles. The Kier molecular flexibility index (Phi) is 3.70. The van der Waals surface area contributed by atoms with Crippen molar-refractivity contribution in [2.24, 2.45) is 5.92 Å². The van der Waals surface area contributed by atoms with Gasteiger partial charge in [0, 0.05) is 6.04 Å². The van der Waals surface area contributed by atoms with E-state index in [-0.39, 0.29) is 0 Å². The summed E-state index contributed by atoms with van der Waals surface area (Å²) in [6, 6.07) is 8.89. The number of benzene rings is 1. The minimum Gasteiger partial charge on any atom is -0.491 e. The van der Waals surface area contributed by atoms with Gasteiger partial charge in [0.2, 0.25) is 0 Å². The number of rotatable bonds is 5. The highest BCUT2D eigenvalue weighted by Gasteiger charge is 2.18. The molecule has 1 saturated carbocycles. The second kappa shape index (κ2) is 5.24. The first kappa shape index (κ1) is 11.3. The standard InChI is InChI=1S/C14H21NO/c1-11(2)10-16-14-9-4-3-8-13(14)15-12-6-5-7-12/h3-4,8-9,11-12,15H,5-7,10H2,1-2H3. The van der Waals surface area contributed by atoms with Crippen molar-refractivity contribution in [2.45, 2.75) is 39.2 Å². The van der Waals surface area contributed by atoms with Crippen molar-refractivity contribution in [3.8, 4) is 5.75 Å². The molecule has 1 N–H and O–H groups in total. The maximum atomic E-state index is 5.81. The number of hydrogen-bond acceptors (Lipinski definition) is 2. The maximum Gasteiger partial charge on any atom is 0.142 e. The first-order valence-corrected chi connectivity index (χ1v) is 6.24. The molecule has 1 aromatic rings. The van der Waals surface area contributed by atoms with E-state index in [0.717, 1.165) is 18.0 Å². The average molecular weight is 219 g/mol. The summed E-state index contributed by atoms with van der Waals surface area (Å²) in [5, 5.41) is 3.55. The molecular formula is C14H21NO. The number of para-hydroxylation sites is 2. The van der Waals surface area contributed by atoms with Gasteiger partial charge in [0.1, 0.15) is 5.75 Å². The summed E-state index contributed by atoms with van der Waals surface area (Å²) in [7, 11) is 0. The summed E-state index contributed by atoms with van der Waals surface area (Å²) in [4.78, 5) is 0. The molecule has 88 valence electrons. The van der Waals surface area contributed by atoms with Gasteiger partial charge in [-0.1, -0.05) is 26.0 Å². The normalized spacial score (nSPS) is 15.9. The van der Waals surface area contributed by atoms with Crippen LogP contribution in [-0.2, 0) is 0 Å². The highest BCUT2D eigenvalue weighted by atomic mass is 16.5. The van der Waals surface area contributed by atoms with Gasteiger partial charge in [-0.05, 0) is 37.3 Å². The second-order valence-electron chi connectivity index (χ2n) is 4.97. The molecule has 1 aliphatic carbocycles. The Balaban J connectivity index is 1.98. The number of hydrogen-bond donors (Lipinski definition) is 1. The zero-order valence-electron chi connectivity index (χ0n) is 10.2. The molecule has 0 aromatic heterocycles. The third kappa shape index (κ3) is 2.91. The van der Waals surface area contributed by atoms with Gasteiger partial charge in [-0.25, -0.2) is 0 Å². The molecule has 16 heavy (non-hydrogen) atoms. The van der Waals surface area contributed by atoms with Crippen LogP contribution in [0.1, 0.15) is 33.1 Å². The van der Waals surface area contributed by atoms with Crippen molar-refractivity contribution in [3.63, 3.8) is 0 Å². The van der Waals surface area contributed by atoms with Crippen molar-refractivity contribution in [1.82, 2.24) is 0 Å². The maximum absolute atomic E-state index is 5.81. The molecule has 0 radical (unpaired) electrons. The number of anilines is 1. The van der Waals surface area contributed by atoms with Crippen LogP contribution in [0.2, 0.25) is 0 Å². The van der Waals surface area contributed by atoms with Crippen molar-refractivity contribution in [3.05, 3.63) is 24.3 Å². The number of ether oxygens (including phenoxy) is 1. The van der Waals surface area contributed by atoms with Gasteiger partial charge in [-0.2, -0.15) is 0 Å². The van der Waals surface area contributed by atoms with Crippen LogP contribution >= 0.6 is 0 Å². The molecule has 1 aromatic carbocycles. The summed E-state index contributed by atoms with van der Waals surface area (Å²) in [6.45, 7) is 5.12. The van der Waals surface area contributed by atoms with Crippen LogP contribution in [0.5, 0.6) is 5.75 Å². The van der Waals surface area contributed by atoms with E-state index in [1.54, 1.807) is 0 Å².